The molecule has 0 fully saturated rings. The van der Waals surface area contributed by atoms with E-state index in [1.54, 1.807) is 0 Å². The lowest BCUT2D eigenvalue weighted by atomic mass is 10.2. The molecule has 0 saturated heterocycles. The highest BCUT2D eigenvalue weighted by Crippen LogP contribution is 2.29. The summed E-state index contributed by atoms with van der Waals surface area (Å²) in [4.78, 5) is 1.38. The molecular formula is C11H8INS. The van der Waals surface area contributed by atoms with E-state index in [4.69, 9.17) is 5.26 Å². The van der Waals surface area contributed by atoms with Crippen LogP contribution >= 0.6 is 33.9 Å². The van der Waals surface area contributed by atoms with Crippen LogP contribution in [-0.4, -0.2) is 0 Å². The normalized spacial score (nSPS) is 10.4. The molecule has 0 atom stereocenters. The maximum atomic E-state index is 8.89. The van der Waals surface area contributed by atoms with Gasteiger partial charge in [0.15, 0.2) is 0 Å². The third kappa shape index (κ3) is 1.64. The second-order valence-electron chi connectivity index (χ2n) is 3.05. The van der Waals surface area contributed by atoms with Crippen molar-refractivity contribution in [3.05, 3.63) is 32.2 Å². The van der Waals surface area contributed by atoms with Crippen LogP contribution in [0.3, 0.4) is 0 Å². The van der Waals surface area contributed by atoms with Crippen LogP contribution in [0.15, 0.2) is 18.2 Å². The fourth-order valence-electron chi connectivity index (χ4n) is 1.38. The average molecular weight is 313 g/mol. The molecule has 0 saturated carbocycles. The lowest BCUT2D eigenvalue weighted by Gasteiger charge is -1.94. The number of nitriles is 1. The standard InChI is InChI=1S/C11H8INS/c1-2-9-4-7-3-8(6-13)10(12)5-11(7)14-9/h3-5H,2H2,1H3. The summed E-state index contributed by atoms with van der Waals surface area (Å²) in [7, 11) is 0. The molecule has 1 aromatic carbocycles. The highest BCUT2D eigenvalue weighted by atomic mass is 127. The summed E-state index contributed by atoms with van der Waals surface area (Å²) in [5, 5.41) is 10.1. The van der Waals surface area contributed by atoms with Crippen molar-refractivity contribution in [1.29, 1.82) is 5.26 Å². The molecule has 0 aliphatic rings. The Morgan fingerprint density at radius 1 is 1.43 bits per heavy atom. The molecule has 1 nitrogen and oxygen atoms in total. The molecular weight excluding hydrogens is 305 g/mol. The van der Waals surface area contributed by atoms with Crippen molar-refractivity contribution >= 4 is 44.0 Å². The van der Waals surface area contributed by atoms with Gasteiger partial charge in [-0.25, -0.2) is 0 Å². The van der Waals surface area contributed by atoms with Crippen molar-refractivity contribution in [2.24, 2.45) is 0 Å². The molecule has 14 heavy (non-hydrogen) atoms. The maximum Gasteiger partial charge on any atom is 0.100 e. The molecule has 0 aliphatic heterocycles. The van der Waals surface area contributed by atoms with Crippen LogP contribution in [0.1, 0.15) is 17.4 Å². The van der Waals surface area contributed by atoms with Gasteiger partial charge in [-0.2, -0.15) is 5.26 Å². The minimum absolute atomic E-state index is 0.776. The van der Waals surface area contributed by atoms with Crippen molar-refractivity contribution in [2.45, 2.75) is 13.3 Å². The van der Waals surface area contributed by atoms with Crippen molar-refractivity contribution < 1.29 is 0 Å². The van der Waals surface area contributed by atoms with Gasteiger partial charge in [-0.1, -0.05) is 6.92 Å². The van der Waals surface area contributed by atoms with Gasteiger partial charge in [-0.15, -0.1) is 11.3 Å². The highest BCUT2D eigenvalue weighted by molar-refractivity contribution is 14.1. The van der Waals surface area contributed by atoms with E-state index in [2.05, 4.69) is 47.7 Å². The van der Waals surface area contributed by atoms with E-state index in [0.717, 1.165) is 15.6 Å². The second kappa shape index (κ2) is 3.87. The molecule has 2 rings (SSSR count). The first kappa shape index (κ1) is 9.94. The first-order valence-electron chi connectivity index (χ1n) is 4.36. The van der Waals surface area contributed by atoms with Crippen LogP contribution in [0.2, 0.25) is 0 Å². The summed E-state index contributed by atoms with van der Waals surface area (Å²) in [6, 6.07) is 8.46. The number of thiophene rings is 1. The first-order chi connectivity index (χ1) is 6.74. The summed E-state index contributed by atoms with van der Waals surface area (Å²) in [6.45, 7) is 2.15. The zero-order chi connectivity index (χ0) is 10.1. The average Bonchev–Trinajstić information content (AvgIpc) is 2.58. The van der Waals surface area contributed by atoms with Crippen LogP contribution in [0, 0.1) is 14.9 Å². The Morgan fingerprint density at radius 3 is 2.86 bits per heavy atom. The van der Waals surface area contributed by atoms with Crippen molar-refractivity contribution in [3.63, 3.8) is 0 Å². The van der Waals surface area contributed by atoms with Gasteiger partial charge < -0.3 is 0 Å². The van der Waals surface area contributed by atoms with E-state index in [0.29, 0.717) is 0 Å². The predicted octanol–water partition coefficient (Wildman–Crippen LogP) is 3.94. The largest absolute Gasteiger partial charge is 0.192 e. The smallest absolute Gasteiger partial charge is 0.100 e. The van der Waals surface area contributed by atoms with Gasteiger partial charge in [0, 0.05) is 13.1 Å². The van der Waals surface area contributed by atoms with Gasteiger partial charge in [0.1, 0.15) is 6.07 Å². The minimum atomic E-state index is 0.776. The summed E-state index contributed by atoms with van der Waals surface area (Å²) in [6.07, 6.45) is 1.07. The fraction of sp³-hybridized carbons (Fsp3) is 0.182. The van der Waals surface area contributed by atoms with Crippen LogP contribution in [0.4, 0.5) is 0 Å². The predicted molar refractivity (Wildman–Crippen MR) is 68.6 cm³/mol. The molecule has 70 valence electrons. The van der Waals surface area contributed by atoms with Crippen molar-refractivity contribution in [1.82, 2.24) is 0 Å². The van der Waals surface area contributed by atoms with E-state index in [-0.39, 0.29) is 0 Å². The molecule has 0 bridgehead atoms. The summed E-state index contributed by atoms with van der Waals surface area (Å²) in [5.41, 5.74) is 0.776. The minimum Gasteiger partial charge on any atom is -0.192 e. The Kier molecular flexibility index (Phi) is 2.75. The lowest BCUT2D eigenvalue weighted by molar-refractivity contribution is 1.19. The molecule has 1 heterocycles. The van der Waals surface area contributed by atoms with E-state index in [9.17, 15) is 0 Å². The molecule has 0 amide bonds. The topological polar surface area (TPSA) is 23.8 Å². The molecule has 1 aromatic heterocycles. The number of fused-ring (bicyclic) bond motifs is 1. The zero-order valence-corrected chi connectivity index (χ0v) is 10.6. The molecule has 0 N–H and O–H groups in total. The van der Waals surface area contributed by atoms with Gasteiger partial charge in [-0.3, -0.25) is 0 Å². The Morgan fingerprint density at radius 2 is 2.21 bits per heavy atom. The van der Waals surface area contributed by atoms with Crippen LogP contribution in [0.25, 0.3) is 10.1 Å². The summed E-state index contributed by atoms with van der Waals surface area (Å²) in [5.74, 6) is 0. The number of rotatable bonds is 1. The molecule has 3 heteroatoms. The van der Waals surface area contributed by atoms with E-state index in [1.165, 1.54) is 15.0 Å². The number of halogens is 1. The highest BCUT2D eigenvalue weighted by Gasteiger charge is 2.05. The molecule has 0 aliphatic carbocycles. The molecule has 0 radical (unpaired) electrons. The fourth-order valence-corrected chi connectivity index (χ4v) is 3.20. The molecule has 0 spiro atoms. The maximum absolute atomic E-state index is 8.89. The number of benzene rings is 1. The first-order valence-corrected chi connectivity index (χ1v) is 6.26. The lowest BCUT2D eigenvalue weighted by Crippen LogP contribution is -1.79. The zero-order valence-electron chi connectivity index (χ0n) is 7.67. The van der Waals surface area contributed by atoms with E-state index < -0.39 is 0 Å². The van der Waals surface area contributed by atoms with E-state index in [1.807, 2.05) is 17.4 Å². The molecule has 0 unspecified atom stereocenters. The van der Waals surface area contributed by atoms with Crippen LogP contribution in [-0.2, 0) is 6.42 Å². The third-order valence-corrected chi connectivity index (χ3v) is 4.26. The monoisotopic (exact) mass is 313 g/mol. The van der Waals surface area contributed by atoms with Gasteiger partial charge in [0.2, 0.25) is 0 Å². The number of hydrogen-bond acceptors (Lipinski definition) is 2. The van der Waals surface area contributed by atoms with Gasteiger partial charge >= 0.3 is 0 Å². The van der Waals surface area contributed by atoms with Gasteiger partial charge in [0.25, 0.3) is 0 Å². The van der Waals surface area contributed by atoms with Crippen molar-refractivity contribution in [3.8, 4) is 6.07 Å². The van der Waals surface area contributed by atoms with Gasteiger partial charge in [-0.05, 0) is 52.6 Å². The Balaban J connectivity index is 2.71. The van der Waals surface area contributed by atoms with Gasteiger partial charge in [0.05, 0.1) is 5.56 Å². The molecule has 2 aromatic rings. The SMILES string of the molecule is CCc1cc2cc(C#N)c(I)cc2s1. The Bertz CT molecular complexity index is 522. The number of hydrogen-bond donors (Lipinski definition) is 0. The Labute approximate surface area is 101 Å². The Hall–Kier alpha value is -0.600. The third-order valence-electron chi connectivity index (χ3n) is 2.13. The second-order valence-corrected chi connectivity index (χ2v) is 5.38. The van der Waals surface area contributed by atoms with E-state index >= 15 is 0 Å². The number of aryl methyl sites for hydroxylation is 1. The van der Waals surface area contributed by atoms with Crippen LogP contribution < -0.4 is 0 Å². The van der Waals surface area contributed by atoms with Crippen LogP contribution in [0.5, 0.6) is 0 Å². The van der Waals surface area contributed by atoms with Crippen molar-refractivity contribution in [2.75, 3.05) is 0 Å². The summed E-state index contributed by atoms with van der Waals surface area (Å²) < 4.78 is 2.33. The quantitative estimate of drug-likeness (QED) is 0.732. The summed E-state index contributed by atoms with van der Waals surface area (Å²) >= 11 is 4.03. The number of nitrogens with zero attached hydrogens (tertiary/aromatic N) is 1.